The van der Waals surface area contributed by atoms with Gasteiger partial charge in [0.2, 0.25) is 11.9 Å². The van der Waals surface area contributed by atoms with E-state index in [-0.39, 0.29) is 24.3 Å². The topological polar surface area (TPSA) is 117 Å². The molecule has 7 nitrogen and oxygen atoms in total. The van der Waals surface area contributed by atoms with Crippen molar-refractivity contribution in [2.75, 3.05) is 11.5 Å². The predicted octanol–water partition coefficient (Wildman–Crippen LogP) is 0.454. The average molecular weight is 251 g/mol. The highest BCUT2D eigenvalue weighted by Gasteiger charge is 2.10. The van der Waals surface area contributed by atoms with Crippen molar-refractivity contribution in [3.63, 3.8) is 0 Å². The van der Waals surface area contributed by atoms with Crippen LogP contribution in [0.25, 0.3) is 0 Å². The van der Waals surface area contributed by atoms with E-state index in [0.717, 1.165) is 0 Å². The molecule has 0 atom stereocenters. The second-order valence-electron chi connectivity index (χ2n) is 3.02. The molecule has 0 saturated heterocycles. The number of esters is 1. The van der Waals surface area contributed by atoms with Gasteiger partial charge in [-0.15, -0.1) is 11.3 Å². The first-order valence-electron chi connectivity index (χ1n) is 4.61. The fourth-order valence-electron chi connectivity index (χ4n) is 1.12. The SMILES string of the molecule is Nc1nc(N)nc(COC(=O)c2cccs2)n1. The molecule has 0 aromatic carbocycles. The Balaban J connectivity index is 2.00. The number of hydrogen-bond acceptors (Lipinski definition) is 8. The summed E-state index contributed by atoms with van der Waals surface area (Å²) in [5, 5.41) is 1.79. The van der Waals surface area contributed by atoms with Crippen molar-refractivity contribution < 1.29 is 9.53 Å². The molecule has 0 fully saturated rings. The lowest BCUT2D eigenvalue weighted by atomic mass is 10.5. The molecule has 0 amide bonds. The summed E-state index contributed by atoms with van der Waals surface area (Å²) in [6.07, 6.45) is 0. The van der Waals surface area contributed by atoms with Crippen molar-refractivity contribution in [2.24, 2.45) is 0 Å². The third kappa shape index (κ3) is 2.88. The zero-order valence-electron chi connectivity index (χ0n) is 8.66. The van der Waals surface area contributed by atoms with Crippen LogP contribution < -0.4 is 11.5 Å². The van der Waals surface area contributed by atoms with Crippen molar-refractivity contribution in [2.45, 2.75) is 6.61 Å². The number of nitrogens with two attached hydrogens (primary N) is 2. The van der Waals surface area contributed by atoms with Gasteiger partial charge in [-0.05, 0) is 11.4 Å². The normalized spacial score (nSPS) is 10.1. The molecule has 0 spiro atoms. The molecule has 0 aliphatic carbocycles. The maximum absolute atomic E-state index is 11.5. The van der Waals surface area contributed by atoms with E-state index in [4.69, 9.17) is 16.2 Å². The summed E-state index contributed by atoms with van der Waals surface area (Å²) in [4.78, 5) is 23.2. The number of carbonyl (C=O) groups excluding carboxylic acids is 1. The summed E-state index contributed by atoms with van der Waals surface area (Å²) < 4.78 is 4.99. The number of carbonyl (C=O) groups is 1. The standard InChI is InChI=1S/C9H9N5O2S/c10-8-12-6(13-9(11)14-8)4-16-7(15)5-2-1-3-17-5/h1-3H,4H2,(H4,10,11,12,13,14). The number of aromatic nitrogens is 3. The van der Waals surface area contributed by atoms with E-state index >= 15 is 0 Å². The van der Waals surface area contributed by atoms with Gasteiger partial charge in [-0.3, -0.25) is 0 Å². The minimum atomic E-state index is -0.433. The van der Waals surface area contributed by atoms with Crippen LogP contribution >= 0.6 is 11.3 Å². The summed E-state index contributed by atoms with van der Waals surface area (Å²) in [6.45, 7) is -0.0896. The Morgan fingerprint density at radius 1 is 1.29 bits per heavy atom. The second-order valence-corrected chi connectivity index (χ2v) is 3.97. The fourth-order valence-corrected chi connectivity index (χ4v) is 1.73. The molecule has 4 N–H and O–H groups in total. The quantitative estimate of drug-likeness (QED) is 0.760. The van der Waals surface area contributed by atoms with Crippen molar-refractivity contribution in [3.8, 4) is 0 Å². The van der Waals surface area contributed by atoms with Crippen LogP contribution in [0.15, 0.2) is 17.5 Å². The van der Waals surface area contributed by atoms with Gasteiger partial charge >= 0.3 is 5.97 Å². The molecule has 88 valence electrons. The predicted molar refractivity (Wildman–Crippen MR) is 62.1 cm³/mol. The molecule has 0 unspecified atom stereocenters. The molecule has 0 aliphatic heterocycles. The smallest absolute Gasteiger partial charge is 0.348 e. The summed E-state index contributed by atoms with van der Waals surface area (Å²) >= 11 is 1.30. The number of rotatable bonds is 3. The van der Waals surface area contributed by atoms with Gasteiger partial charge in [0.1, 0.15) is 4.88 Å². The highest BCUT2D eigenvalue weighted by atomic mass is 32.1. The van der Waals surface area contributed by atoms with Gasteiger partial charge in [0, 0.05) is 0 Å². The van der Waals surface area contributed by atoms with Gasteiger partial charge in [0.25, 0.3) is 0 Å². The van der Waals surface area contributed by atoms with E-state index in [1.807, 2.05) is 0 Å². The van der Waals surface area contributed by atoms with Crippen LogP contribution in [0.5, 0.6) is 0 Å². The number of thiophene rings is 1. The Morgan fingerprint density at radius 2 is 2.00 bits per heavy atom. The van der Waals surface area contributed by atoms with Crippen molar-refractivity contribution in [1.29, 1.82) is 0 Å². The van der Waals surface area contributed by atoms with Gasteiger partial charge in [0.15, 0.2) is 12.4 Å². The molecule has 0 aliphatic rings. The molecule has 0 radical (unpaired) electrons. The fraction of sp³-hybridized carbons (Fsp3) is 0.111. The Hall–Kier alpha value is -2.22. The molecule has 2 heterocycles. The molecule has 0 bridgehead atoms. The van der Waals surface area contributed by atoms with Crippen LogP contribution in [0.3, 0.4) is 0 Å². The molecule has 2 aromatic rings. The number of nitrogen functional groups attached to an aromatic ring is 2. The van der Waals surface area contributed by atoms with E-state index in [9.17, 15) is 4.79 Å². The lowest BCUT2D eigenvalue weighted by Gasteiger charge is -2.03. The Labute approximate surface area is 100 Å². The van der Waals surface area contributed by atoms with Crippen LogP contribution in [-0.2, 0) is 11.3 Å². The van der Waals surface area contributed by atoms with Crippen LogP contribution in [-0.4, -0.2) is 20.9 Å². The number of anilines is 2. The lowest BCUT2D eigenvalue weighted by molar-refractivity contribution is 0.0468. The number of nitrogens with zero attached hydrogens (tertiary/aromatic N) is 3. The molecule has 2 aromatic heterocycles. The number of ether oxygens (including phenoxy) is 1. The summed E-state index contributed by atoms with van der Waals surface area (Å²) in [7, 11) is 0. The van der Waals surface area contributed by atoms with Crippen LogP contribution in [0.2, 0.25) is 0 Å². The minimum absolute atomic E-state index is 0.000303. The first-order valence-corrected chi connectivity index (χ1v) is 5.49. The molecule has 8 heteroatoms. The van der Waals surface area contributed by atoms with E-state index in [1.54, 1.807) is 17.5 Å². The Morgan fingerprint density at radius 3 is 2.59 bits per heavy atom. The zero-order chi connectivity index (χ0) is 12.3. The third-order valence-corrected chi connectivity index (χ3v) is 2.62. The monoisotopic (exact) mass is 251 g/mol. The second kappa shape index (κ2) is 4.74. The Bertz CT molecular complexity index is 508. The largest absolute Gasteiger partial charge is 0.453 e. The summed E-state index contributed by atoms with van der Waals surface area (Å²) in [5.41, 5.74) is 10.8. The van der Waals surface area contributed by atoms with Gasteiger partial charge in [0.05, 0.1) is 0 Å². The first kappa shape index (κ1) is 11.3. The highest BCUT2D eigenvalue weighted by molar-refractivity contribution is 7.11. The highest BCUT2D eigenvalue weighted by Crippen LogP contribution is 2.11. The molecule has 17 heavy (non-hydrogen) atoms. The van der Waals surface area contributed by atoms with Crippen molar-refractivity contribution in [3.05, 3.63) is 28.2 Å². The minimum Gasteiger partial charge on any atom is -0.453 e. The van der Waals surface area contributed by atoms with E-state index in [0.29, 0.717) is 4.88 Å². The first-order chi connectivity index (χ1) is 8.15. The van der Waals surface area contributed by atoms with E-state index < -0.39 is 5.97 Å². The van der Waals surface area contributed by atoms with Gasteiger partial charge in [-0.2, -0.15) is 15.0 Å². The van der Waals surface area contributed by atoms with Crippen molar-refractivity contribution >= 4 is 29.2 Å². The maximum atomic E-state index is 11.5. The van der Waals surface area contributed by atoms with Gasteiger partial charge in [-0.1, -0.05) is 6.07 Å². The van der Waals surface area contributed by atoms with Gasteiger partial charge < -0.3 is 16.2 Å². The van der Waals surface area contributed by atoms with Crippen LogP contribution in [0.1, 0.15) is 15.5 Å². The number of hydrogen-bond donors (Lipinski definition) is 2. The van der Waals surface area contributed by atoms with Crippen LogP contribution in [0, 0.1) is 0 Å². The lowest BCUT2D eigenvalue weighted by Crippen LogP contribution is -2.10. The van der Waals surface area contributed by atoms with Crippen molar-refractivity contribution in [1.82, 2.24) is 15.0 Å². The maximum Gasteiger partial charge on any atom is 0.348 e. The van der Waals surface area contributed by atoms with Gasteiger partial charge in [-0.25, -0.2) is 4.79 Å². The van der Waals surface area contributed by atoms with E-state index in [1.165, 1.54) is 11.3 Å². The summed E-state index contributed by atoms with van der Waals surface area (Å²) in [5.74, 6) is -0.211. The third-order valence-electron chi connectivity index (χ3n) is 1.77. The van der Waals surface area contributed by atoms with Crippen LogP contribution in [0.4, 0.5) is 11.9 Å². The molecule has 2 rings (SSSR count). The average Bonchev–Trinajstić information content (AvgIpc) is 2.78. The molecule has 0 saturated carbocycles. The zero-order valence-corrected chi connectivity index (χ0v) is 9.48. The Kier molecular flexibility index (Phi) is 3.15. The summed E-state index contributed by atoms with van der Waals surface area (Å²) in [6, 6.07) is 3.43. The molecular weight excluding hydrogens is 242 g/mol. The van der Waals surface area contributed by atoms with E-state index in [2.05, 4.69) is 15.0 Å². The molecular formula is C9H9N5O2S.